The summed E-state index contributed by atoms with van der Waals surface area (Å²) < 4.78 is 10.7. The van der Waals surface area contributed by atoms with E-state index in [1.54, 1.807) is 0 Å². The highest BCUT2D eigenvalue weighted by Gasteiger charge is 2.13. The Morgan fingerprint density at radius 3 is 2.80 bits per heavy atom. The third-order valence-corrected chi connectivity index (χ3v) is 2.21. The lowest BCUT2D eigenvalue weighted by Crippen LogP contribution is -2.13. The van der Waals surface area contributed by atoms with Gasteiger partial charge in [0.2, 0.25) is 5.75 Å². The molecule has 1 aromatic rings. The average Bonchev–Trinajstić information content (AvgIpc) is 2.18. The summed E-state index contributed by atoms with van der Waals surface area (Å²) in [6, 6.07) is 0. The van der Waals surface area contributed by atoms with Gasteiger partial charge in [0.1, 0.15) is 6.33 Å². The number of hydrogen-bond acceptors (Lipinski definition) is 4. The van der Waals surface area contributed by atoms with Gasteiger partial charge in [0, 0.05) is 0 Å². The van der Waals surface area contributed by atoms with Crippen LogP contribution >= 0.6 is 11.6 Å². The lowest BCUT2D eigenvalue weighted by Gasteiger charge is -2.14. The van der Waals surface area contributed by atoms with E-state index >= 15 is 0 Å². The molecule has 4 nitrogen and oxygen atoms in total. The predicted molar refractivity (Wildman–Crippen MR) is 58.6 cm³/mol. The second-order valence-electron chi connectivity index (χ2n) is 3.22. The van der Waals surface area contributed by atoms with Crippen molar-refractivity contribution in [1.82, 2.24) is 9.97 Å². The molecule has 0 fully saturated rings. The molecule has 0 saturated heterocycles. The van der Waals surface area contributed by atoms with Gasteiger partial charge >= 0.3 is 0 Å². The maximum Gasteiger partial charge on any atom is 0.262 e. The number of ether oxygens (including phenoxy) is 2. The van der Waals surface area contributed by atoms with Gasteiger partial charge in [0.15, 0.2) is 5.15 Å². The van der Waals surface area contributed by atoms with Crippen molar-refractivity contribution in [2.45, 2.75) is 32.8 Å². The van der Waals surface area contributed by atoms with Crippen molar-refractivity contribution in [2.75, 3.05) is 7.11 Å². The summed E-state index contributed by atoms with van der Waals surface area (Å²) >= 11 is 5.83. The van der Waals surface area contributed by atoms with Gasteiger partial charge in [-0.2, -0.15) is 4.98 Å². The van der Waals surface area contributed by atoms with E-state index in [2.05, 4.69) is 16.9 Å². The number of hydrogen-bond donors (Lipinski definition) is 0. The Morgan fingerprint density at radius 2 is 2.20 bits per heavy atom. The van der Waals surface area contributed by atoms with E-state index in [1.807, 2.05) is 6.92 Å². The van der Waals surface area contributed by atoms with Gasteiger partial charge in [-0.1, -0.05) is 24.9 Å². The molecule has 0 amide bonds. The first-order chi connectivity index (χ1) is 7.19. The zero-order valence-electron chi connectivity index (χ0n) is 9.16. The van der Waals surface area contributed by atoms with Crippen molar-refractivity contribution in [3.63, 3.8) is 0 Å². The fraction of sp³-hybridized carbons (Fsp3) is 0.600. The average molecular weight is 231 g/mol. The SMILES string of the molecule is CCCC(C)Oc1ncnc(Cl)c1OC. The minimum absolute atomic E-state index is 0.0925. The minimum Gasteiger partial charge on any atom is -0.489 e. The van der Waals surface area contributed by atoms with E-state index in [9.17, 15) is 0 Å². The first-order valence-corrected chi connectivity index (χ1v) is 5.28. The van der Waals surface area contributed by atoms with Crippen molar-refractivity contribution in [3.05, 3.63) is 11.5 Å². The van der Waals surface area contributed by atoms with E-state index in [0.717, 1.165) is 12.8 Å². The predicted octanol–water partition coefficient (Wildman–Crippen LogP) is 2.71. The van der Waals surface area contributed by atoms with E-state index in [1.165, 1.54) is 13.4 Å². The van der Waals surface area contributed by atoms with Gasteiger partial charge in [-0.05, 0) is 13.3 Å². The molecule has 0 aliphatic carbocycles. The molecular weight excluding hydrogens is 216 g/mol. The molecule has 0 spiro atoms. The van der Waals surface area contributed by atoms with Crippen LogP contribution in [0.1, 0.15) is 26.7 Å². The summed E-state index contributed by atoms with van der Waals surface area (Å²) in [5.41, 5.74) is 0. The lowest BCUT2D eigenvalue weighted by molar-refractivity contribution is 0.191. The van der Waals surface area contributed by atoms with E-state index in [4.69, 9.17) is 21.1 Å². The third-order valence-electron chi connectivity index (χ3n) is 1.94. The number of aromatic nitrogens is 2. The monoisotopic (exact) mass is 230 g/mol. The maximum atomic E-state index is 5.83. The highest BCUT2D eigenvalue weighted by atomic mass is 35.5. The van der Waals surface area contributed by atoms with Gasteiger partial charge in [-0.15, -0.1) is 0 Å². The van der Waals surface area contributed by atoms with Crippen LogP contribution in [0.3, 0.4) is 0 Å². The summed E-state index contributed by atoms with van der Waals surface area (Å²) in [5, 5.41) is 0.270. The Labute approximate surface area is 94.6 Å². The standard InChI is InChI=1S/C10H15ClN2O2/c1-4-5-7(2)15-10-8(14-3)9(11)12-6-13-10/h6-7H,4-5H2,1-3H3. The van der Waals surface area contributed by atoms with Crippen molar-refractivity contribution >= 4 is 11.6 Å². The Balaban J connectivity index is 2.80. The molecule has 1 atom stereocenters. The molecule has 1 heterocycles. The molecule has 84 valence electrons. The fourth-order valence-electron chi connectivity index (χ4n) is 1.25. The molecule has 0 aliphatic heterocycles. The second-order valence-corrected chi connectivity index (χ2v) is 3.58. The molecular formula is C10H15ClN2O2. The van der Waals surface area contributed by atoms with E-state index < -0.39 is 0 Å². The fourth-order valence-corrected chi connectivity index (χ4v) is 1.45. The molecule has 15 heavy (non-hydrogen) atoms. The zero-order chi connectivity index (χ0) is 11.3. The van der Waals surface area contributed by atoms with Crippen LogP contribution in [-0.2, 0) is 0 Å². The topological polar surface area (TPSA) is 44.2 Å². The lowest BCUT2D eigenvalue weighted by atomic mass is 10.2. The molecule has 0 bridgehead atoms. The quantitative estimate of drug-likeness (QED) is 0.730. The molecule has 0 aliphatic rings. The highest BCUT2D eigenvalue weighted by Crippen LogP contribution is 2.31. The normalized spacial score (nSPS) is 12.3. The Hall–Kier alpha value is -1.03. The number of halogens is 1. The molecule has 0 N–H and O–H groups in total. The summed E-state index contributed by atoms with van der Waals surface area (Å²) in [7, 11) is 1.52. The summed E-state index contributed by atoms with van der Waals surface area (Å²) in [5.74, 6) is 0.792. The second kappa shape index (κ2) is 5.75. The van der Waals surface area contributed by atoms with Crippen LogP contribution in [0.2, 0.25) is 5.15 Å². The number of rotatable bonds is 5. The highest BCUT2D eigenvalue weighted by molar-refractivity contribution is 6.31. The summed E-state index contributed by atoms with van der Waals surface area (Å²) in [6.07, 6.45) is 3.47. The maximum absolute atomic E-state index is 5.83. The first kappa shape index (κ1) is 12.0. The number of nitrogens with zero attached hydrogens (tertiary/aromatic N) is 2. The largest absolute Gasteiger partial charge is 0.489 e. The van der Waals surface area contributed by atoms with Gasteiger partial charge in [0.05, 0.1) is 13.2 Å². The van der Waals surface area contributed by atoms with Crippen molar-refractivity contribution < 1.29 is 9.47 Å². The van der Waals surface area contributed by atoms with Crippen LogP contribution in [0.5, 0.6) is 11.6 Å². The molecule has 1 aromatic heterocycles. The molecule has 5 heteroatoms. The molecule has 1 rings (SSSR count). The van der Waals surface area contributed by atoms with E-state index in [-0.39, 0.29) is 11.3 Å². The van der Waals surface area contributed by atoms with Crippen LogP contribution in [0.15, 0.2) is 6.33 Å². The van der Waals surface area contributed by atoms with Crippen molar-refractivity contribution in [2.24, 2.45) is 0 Å². The van der Waals surface area contributed by atoms with Crippen LogP contribution < -0.4 is 9.47 Å². The van der Waals surface area contributed by atoms with Gasteiger partial charge < -0.3 is 9.47 Å². The molecule has 1 unspecified atom stereocenters. The van der Waals surface area contributed by atoms with Gasteiger partial charge in [0.25, 0.3) is 5.88 Å². The number of methoxy groups -OCH3 is 1. The Morgan fingerprint density at radius 1 is 1.47 bits per heavy atom. The summed E-state index contributed by atoms with van der Waals surface area (Å²) in [6.45, 7) is 4.09. The van der Waals surface area contributed by atoms with Crippen LogP contribution in [0.4, 0.5) is 0 Å². The zero-order valence-corrected chi connectivity index (χ0v) is 9.91. The van der Waals surface area contributed by atoms with Gasteiger partial charge in [-0.25, -0.2) is 4.98 Å². The van der Waals surface area contributed by atoms with Crippen molar-refractivity contribution in [1.29, 1.82) is 0 Å². The Kier molecular flexibility index (Phi) is 4.62. The van der Waals surface area contributed by atoms with E-state index in [0.29, 0.717) is 11.6 Å². The van der Waals surface area contributed by atoms with Crippen LogP contribution in [0, 0.1) is 0 Å². The Bertz CT molecular complexity index is 320. The third kappa shape index (κ3) is 3.23. The molecule has 0 saturated carbocycles. The first-order valence-electron chi connectivity index (χ1n) is 4.90. The summed E-state index contributed by atoms with van der Waals surface area (Å²) in [4.78, 5) is 7.80. The smallest absolute Gasteiger partial charge is 0.262 e. The van der Waals surface area contributed by atoms with Gasteiger partial charge in [-0.3, -0.25) is 0 Å². The molecule has 0 radical (unpaired) electrons. The minimum atomic E-state index is 0.0925. The molecule has 0 aromatic carbocycles. The van der Waals surface area contributed by atoms with Crippen LogP contribution in [-0.4, -0.2) is 23.2 Å². The van der Waals surface area contributed by atoms with Crippen LogP contribution in [0.25, 0.3) is 0 Å². The van der Waals surface area contributed by atoms with Crippen molar-refractivity contribution in [3.8, 4) is 11.6 Å².